The maximum atomic E-state index is 13.1. The first kappa shape index (κ1) is 22.0. The molecule has 0 aliphatic carbocycles. The van der Waals surface area contributed by atoms with Crippen LogP contribution >= 0.6 is 23.8 Å². The van der Waals surface area contributed by atoms with E-state index in [1.807, 2.05) is 27.8 Å². The van der Waals surface area contributed by atoms with E-state index in [1.54, 1.807) is 24.9 Å². The van der Waals surface area contributed by atoms with Gasteiger partial charge in [-0.25, -0.2) is 4.98 Å². The van der Waals surface area contributed by atoms with Crippen molar-refractivity contribution in [2.75, 3.05) is 11.9 Å². The van der Waals surface area contributed by atoms with E-state index in [1.165, 1.54) is 6.07 Å². The number of hydrogen-bond donors (Lipinski definition) is 1. The lowest BCUT2D eigenvalue weighted by atomic mass is 10.2. The molecule has 1 N–H and O–H groups in total. The van der Waals surface area contributed by atoms with E-state index >= 15 is 0 Å². The molecular formula is C20H19ClF3N5S. The van der Waals surface area contributed by atoms with Crippen molar-refractivity contribution in [3.05, 3.63) is 77.6 Å². The lowest BCUT2D eigenvalue weighted by Gasteiger charge is -2.26. The molecule has 0 saturated carbocycles. The third kappa shape index (κ3) is 6.17. The number of halogens is 4. The molecule has 30 heavy (non-hydrogen) atoms. The van der Waals surface area contributed by atoms with Gasteiger partial charge in [0.25, 0.3) is 0 Å². The molecule has 5 nitrogen and oxygen atoms in total. The van der Waals surface area contributed by atoms with Crippen LogP contribution in [-0.2, 0) is 19.3 Å². The van der Waals surface area contributed by atoms with Gasteiger partial charge < -0.3 is 14.8 Å². The van der Waals surface area contributed by atoms with Gasteiger partial charge in [0.1, 0.15) is 0 Å². The first-order chi connectivity index (χ1) is 14.3. The molecule has 0 fully saturated rings. The van der Waals surface area contributed by atoms with E-state index in [9.17, 15) is 13.2 Å². The number of hydrogen-bond acceptors (Lipinski definition) is 3. The summed E-state index contributed by atoms with van der Waals surface area (Å²) in [4.78, 5) is 9.99. The molecule has 0 saturated heterocycles. The fourth-order valence-electron chi connectivity index (χ4n) is 2.82. The van der Waals surface area contributed by atoms with Gasteiger partial charge in [-0.15, -0.1) is 0 Å². The van der Waals surface area contributed by atoms with Gasteiger partial charge in [0.15, 0.2) is 5.11 Å². The highest BCUT2D eigenvalue weighted by molar-refractivity contribution is 7.80. The normalized spacial score (nSPS) is 11.3. The van der Waals surface area contributed by atoms with Crippen molar-refractivity contribution < 1.29 is 13.2 Å². The van der Waals surface area contributed by atoms with Crippen LogP contribution in [-0.4, -0.2) is 31.1 Å². The predicted molar refractivity (Wildman–Crippen MR) is 114 cm³/mol. The molecule has 10 heteroatoms. The summed E-state index contributed by atoms with van der Waals surface area (Å²) in [5.74, 6) is 0. The van der Waals surface area contributed by atoms with E-state index in [-0.39, 0.29) is 15.8 Å². The lowest BCUT2D eigenvalue weighted by Crippen LogP contribution is -2.35. The fraction of sp³-hybridized carbons (Fsp3) is 0.250. The molecule has 0 unspecified atom stereocenters. The molecule has 0 aliphatic heterocycles. The van der Waals surface area contributed by atoms with Crippen molar-refractivity contribution in [1.29, 1.82) is 0 Å². The third-order valence-corrected chi connectivity index (χ3v) is 5.01. The molecule has 3 aromatic rings. The van der Waals surface area contributed by atoms with Crippen LogP contribution in [0.3, 0.4) is 0 Å². The van der Waals surface area contributed by atoms with Crippen LogP contribution in [0.1, 0.15) is 17.5 Å². The Morgan fingerprint density at radius 3 is 2.70 bits per heavy atom. The van der Waals surface area contributed by atoms with E-state index in [0.29, 0.717) is 13.1 Å². The van der Waals surface area contributed by atoms with Gasteiger partial charge in [0.05, 0.1) is 22.6 Å². The summed E-state index contributed by atoms with van der Waals surface area (Å²) in [5.41, 5.74) is 0.248. The Morgan fingerprint density at radius 1 is 1.20 bits per heavy atom. The maximum absolute atomic E-state index is 13.1. The van der Waals surface area contributed by atoms with Crippen molar-refractivity contribution >= 4 is 34.6 Å². The van der Waals surface area contributed by atoms with Crippen LogP contribution in [0.25, 0.3) is 0 Å². The van der Waals surface area contributed by atoms with Gasteiger partial charge >= 0.3 is 6.18 Å². The number of imidazole rings is 1. The van der Waals surface area contributed by atoms with Crippen molar-refractivity contribution in [1.82, 2.24) is 19.4 Å². The van der Waals surface area contributed by atoms with Gasteiger partial charge in [0, 0.05) is 44.4 Å². The monoisotopic (exact) mass is 453 g/mol. The number of nitrogens with zero attached hydrogens (tertiary/aromatic N) is 4. The number of nitrogens with one attached hydrogen (secondary N) is 1. The highest BCUT2D eigenvalue weighted by atomic mass is 35.5. The van der Waals surface area contributed by atoms with Crippen molar-refractivity contribution in [3.8, 4) is 0 Å². The van der Waals surface area contributed by atoms with Gasteiger partial charge in [-0.2, -0.15) is 13.2 Å². The quantitative estimate of drug-likeness (QED) is 0.496. The van der Waals surface area contributed by atoms with Crippen LogP contribution in [0, 0.1) is 0 Å². The second kappa shape index (κ2) is 9.90. The van der Waals surface area contributed by atoms with Gasteiger partial charge in [-0.1, -0.05) is 17.7 Å². The Labute approximate surface area is 182 Å². The Hall–Kier alpha value is -2.65. The summed E-state index contributed by atoms with van der Waals surface area (Å²) in [6.07, 6.45) is 4.98. The van der Waals surface area contributed by atoms with E-state index in [2.05, 4.69) is 15.3 Å². The molecule has 3 rings (SSSR count). The number of aromatic nitrogens is 3. The molecule has 0 aliphatic rings. The molecule has 0 radical (unpaired) electrons. The minimum absolute atomic E-state index is 0.113. The fourth-order valence-corrected chi connectivity index (χ4v) is 3.25. The third-order valence-electron chi connectivity index (χ3n) is 4.32. The first-order valence-electron chi connectivity index (χ1n) is 9.10. The first-order valence-corrected chi connectivity index (χ1v) is 9.89. The van der Waals surface area contributed by atoms with E-state index < -0.39 is 11.7 Å². The van der Waals surface area contributed by atoms with Crippen LogP contribution in [0.4, 0.5) is 18.9 Å². The number of alkyl halides is 3. The van der Waals surface area contributed by atoms with Crippen molar-refractivity contribution in [3.63, 3.8) is 0 Å². The molecule has 0 bridgehead atoms. The zero-order chi connectivity index (χ0) is 21.6. The highest BCUT2D eigenvalue weighted by Gasteiger charge is 2.31. The summed E-state index contributed by atoms with van der Waals surface area (Å²) < 4.78 is 41.1. The van der Waals surface area contributed by atoms with Gasteiger partial charge in [-0.05, 0) is 48.5 Å². The van der Waals surface area contributed by atoms with Crippen molar-refractivity contribution in [2.24, 2.45) is 0 Å². The minimum Gasteiger partial charge on any atom is -0.345 e. The number of anilines is 1. The van der Waals surface area contributed by atoms with Crippen LogP contribution in [0.2, 0.25) is 5.02 Å². The topological polar surface area (TPSA) is 46.0 Å². The largest absolute Gasteiger partial charge is 0.416 e. The van der Waals surface area contributed by atoms with Crippen LogP contribution in [0.15, 0.2) is 61.4 Å². The second-order valence-corrected chi connectivity index (χ2v) is 7.35. The average molecular weight is 454 g/mol. The zero-order valence-corrected chi connectivity index (χ0v) is 17.4. The molecule has 2 heterocycles. The number of pyridine rings is 1. The summed E-state index contributed by atoms with van der Waals surface area (Å²) in [6.45, 7) is 1.77. The SMILES string of the molecule is FC(F)(F)c1ccc(Cl)c(NC(=S)N(CCCn2ccnc2)Cc2cccnc2)c1. The number of rotatable bonds is 7. The number of benzene rings is 1. The van der Waals surface area contributed by atoms with Crippen LogP contribution in [0.5, 0.6) is 0 Å². The predicted octanol–water partition coefficient (Wildman–Crippen LogP) is 5.24. The molecule has 0 spiro atoms. The zero-order valence-electron chi connectivity index (χ0n) is 15.8. The van der Waals surface area contributed by atoms with E-state index in [4.69, 9.17) is 23.8 Å². The molecular weight excluding hydrogens is 435 g/mol. The molecule has 0 amide bonds. The van der Waals surface area contributed by atoms with Crippen LogP contribution < -0.4 is 5.32 Å². The molecule has 158 valence electrons. The minimum atomic E-state index is -4.47. The van der Waals surface area contributed by atoms with Crippen molar-refractivity contribution in [2.45, 2.75) is 25.7 Å². The average Bonchev–Trinajstić information content (AvgIpc) is 3.22. The number of thiocarbonyl (C=S) groups is 1. The summed E-state index contributed by atoms with van der Waals surface area (Å²) in [7, 11) is 0. The van der Waals surface area contributed by atoms with Gasteiger partial charge in [-0.3, -0.25) is 4.98 Å². The smallest absolute Gasteiger partial charge is 0.345 e. The number of aryl methyl sites for hydroxylation is 1. The maximum Gasteiger partial charge on any atom is 0.416 e. The standard InChI is InChI=1S/C20H19ClF3N5S/c21-17-5-4-16(20(22,23)24)11-18(17)27-19(30)29(13-15-3-1-6-25-12-15)9-2-8-28-10-7-26-14-28/h1,3-7,10-12,14H,2,8-9,13H2,(H,27,30). The Morgan fingerprint density at radius 2 is 2.03 bits per heavy atom. The lowest BCUT2D eigenvalue weighted by molar-refractivity contribution is -0.137. The molecule has 0 atom stereocenters. The van der Waals surface area contributed by atoms with Gasteiger partial charge in [0.2, 0.25) is 0 Å². The molecule has 2 aromatic heterocycles. The Balaban J connectivity index is 1.73. The summed E-state index contributed by atoms with van der Waals surface area (Å²) in [5, 5.41) is 3.31. The molecule has 1 aromatic carbocycles. The summed E-state index contributed by atoms with van der Waals surface area (Å²) in [6, 6.07) is 6.84. The second-order valence-electron chi connectivity index (χ2n) is 6.56. The van der Waals surface area contributed by atoms with E-state index in [0.717, 1.165) is 30.7 Å². The Bertz CT molecular complexity index is 964. The Kier molecular flexibility index (Phi) is 7.28. The summed E-state index contributed by atoms with van der Waals surface area (Å²) >= 11 is 11.6. The highest BCUT2D eigenvalue weighted by Crippen LogP contribution is 2.34.